The molecule has 0 aromatic carbocycles. The van der Waals surface area contributed by atoms with E-state index in [4.69, 9.17) is 52.1 Å². The Morgan fingerprint density at radius 1 is 0.431 bits per heavy atom. The van der Waals surface area contributed by atoms with Crippen molar-refractivity contribution in [2.24, 2.45) is 11.8 Å². The quantitative estimate of drug-likeness (QED) is 0.174. The molecular formula is C32H46O19. The first kappa shape index (κ1) is 42.8. The third-order valence-electron chi connectivity index (χ3n) is 7.00. The largest absolute Gasteiger partial charge is 0.463 e. The molecule has 2 aliphatic rings. The lowest BCUT2D eigenvalue weighted by Gasteiger charge is -2.48. The Morgan fingerprint density at radius 3 is 1.12 bits per heavy atom. The van der Waals surface area contributed by atoms with Gasteiger partial charge in [0.1, 0.15) is 25.4 Å². The van der Waals surface area contributed by atoms with E-state index in [1.165, 1.54) is 13.8 Å². The van der Waals surface area contributed by atoms with Crippen LogP contribution in [0, 0.1) is 11.8 Å². The molecule has 0 amide bonds. The van der Waals surface area contributed by atoms with Crippen molar-refractivity contribution < 1.29 is 90.5 Å². The van der Waals surface area contributed by atoms with Crippen molar-refractivity contribution in [1.82, 2.24) is 0 Å². The molecule has 19 heteroatoms. The molecule has 0 aromatic rings. The SMILES string of the molecule is CC(=O)OC[C@H]1O[C@H](O[C@H]2O[C@H](COC(=O)C(C)C)[C@@H](OC(=O)C(C)C)[C@H](OC(C)=O)[C@H]2OC(C)=O)[C@H](OC(C)=O)[C@@H](OC(C)=O)[C@@H]1OC(C)=O. The fourth-order valence-corrected chi connectivity index (χ4v) is 4.94. The summed E-state index contributed by atoms with van der Waals surface area (Å²) in [6, 6.07) is 0. The van der Waals surface area contributed by atoms with Crippen molar-refractivity contribution in [2.45, 2.75) is 131 Å². The molecule has 2 heterocycles. The summed E-state index contributed by atoms with van der Waals surface area (Å²) in [5, 5.41) is 0. The zero-order valence-electron chi connectivity index (χ0n) is 30.1. The van der Waals surface area contributed by atoms with E-state index in [2.05, 4.69) is 0 Å². The Hall–Kier alpha value is -4.36. The van der Waals surface area contributed by atoms with E-state index < -0.39 is 134 Å². The van der Waals surface area contributed by atoms with Gasteiger partial charge in [-0.25, -0.2) is 0 Å². The minimum Gasteiger partial charge on any atom is -0.463 e. The van der Waals surface area contributed by atoms with Gasteiger partial charge in [-0.1, -0.05) is 27.7 Å². The van der Waals surface area contributed by atoms with Crippen molar-refractivity contribution in [3.63, 3.8) is 0 Å². The van der Waals surface area contributed by atoms with Crippen LogP contribution in [-0.2, 0) is 90.5 Å². The highest BCUT2D eigenvalue weighted by atomic mass is 16.8. The smallest absolute Gasteiger partial charge is 0.308 e. The monoisotopic (exact) mass is 734 g/mol. The van der Waals surface area contributed by atoms with Gasteiger partial charge in [-0.05, 0) is 0 Å². The van der Waals surface area contributed by atoms with Crippen LogP contribution >= 0.6 is 0 Å². The average Bonchev–Trinajstić information content (AvgIpc) is 2.99. The number of ether oxygens (including phenoxy) is 11. The molecule has 288 valence electrons. The van der Waals surface area contributed by atoms with E-state index >= 15 is 0 Å². The van der Waals surface area contributed by atoms with Crippen molar-refractivity contribution in [2.75, 3.05) is 13.2 Å². The molecule has 0 bridgehead atoms. The van der Waals surface area contributed by atoms with Gasteiger partial charge in [0, 0.05) is 41.5 Å². The minimum atomic E-state index is -1.85. The molecule has 2 aliphatic heterocycles. The van der Waals surface area contributed by atoms with E-state index in [-0.39, 0.29) is 0 Å². The maximum Gasteiger partial charge on any atom is 0.308 e. The number of carbonyl (C=O) groups excluding carboxylic acids is 8. The summed E-state index contributed by atoms with van der Waals surface area (Å²) in [5.41, 5.74) is 0. The maximum atomic E-state index is 12.8. The van der Waals surface area contributed by atoms with Gasteiger partial charge in [0.2, 0.25) is 12.6 Å². The standard InChI is InChI=1S/C32H46O19/c1-13(2)29(39)42-12-22-24(50-30(40)14(3)4)26(45-18(8)36)28(47-20(10)38)32(49-22)51-31-27(46-19(9)37)25(44-17(7)35)23(43-16(6)34)21(48-31)11-41-15(5)33/h13-14,21-28,31-32H,11-12H2,1-10H3/t21-,22-,23-,24-,25+,26+,27-,28-,31-,32-/m1/s1. The lowest BCUT2D eigenvalue weighted by molar-refractivity contribution is -0.377. The molecule has 2 saturated heterocycles. The Bertz CT molecular complexity index is 1290. The summed E-state index contributed by atoms with van der Waals surface area (Å²) < 4.78 is 61.5. The predicted molar refractivity (Wildman–Crippen MR) is 163 cm³/mol. The summed E-state index contributed by atoms with van der Waals surface area (Å²) in [6.07, 6.45) is -16.4. The van der Waals surface area contributed by atoms with Crippen molar-refractivity contribution in [1.29, 1.82) is 0 Å². The number of esters is 8. The highest BCUT2D eigenvalue weighted by Crippen LogP contribution is 2.35. The summed E-state index contributed by atoms with van der Waals surface area (Å²) in [4.78, 5) is 98.6. The Labute approximate surface area is 294 Å². The van der Waals surface area contributed by atoms with E-state index in [0.717, 1.165) is 41.5 Å². The van der Waals surface area contributed by atoms with Crippen LogP contribution in [0.15, 0.2) is 0 Å². The number of rotatable bonds is 14. The highest BCUT2D eigenvalue weighted by molar-refractivity contribution is 5.73. The van der Waals surface area contributed by atoms with E-state index in [1.54, 1.807) is 13.8 Å². The van der Waals surface area contributed by atoms with Crippen LogP contribution in [0.3, 0.4) is 0 Å². The first-order chi connectivity index (χ1) is 23.7. The lowest BCUT2D eigenvalue weighted by atomic mass is 9.96. The Morgan fingerprint density at radius 2 is 0.765 bits per heavy atom. The first-order valence-corrected chi connectivity index (χ1v) is 16.0. The van der Waals surface area contributed by atoms with Crippen molar-refractivity contribution in [3.05, 3.63) is 0 Å². The van der Waals surface area contributed by atoms with Gasteiger partial charge in [-0.15, -0.1) is 0 Å². The normalized spacial score (nSPS) is 28.9. The predicted octanol–water partition coefficient (Wildman–Crippen LogP) is 0.441. The lowest BCUT2D eigenvalue weighted by Crippen LogP contribution is -2.67. The molecule has 0 unspecified atom stereocenters. The summed E-state index contributed by atoms with van der Waals surface area (Å²) in [5.74, 6) is -8.06. The maximum absolute atomic E-state index is 12.8. The molecule has 2 rings (SSSR count). The fraction of sp³-hybridized carbons (Fsp3) is 0.750. The molecule has 0 aromatic heterocycles. The van der Waals surface area contributed by atoms with Gasteiger partial charge in [-0.3, -0.25) is 38.4 Å². The second-order valence-electron chi connectivity index (χ2n) is 12.2. The first-order valence-electron chi connectivity index (χ1n) is 16.0. The van der Waals surface area contributed by atoms with Gasteiger partial charge >= 0.3 is 47.8 Å². The van der Waals surface area contributed by atoms with E-state index in [0.29, 0.717) is 0 Å². The fourth-order valence-electron chi connectivity index (χ4n) is 4.94. The van der Waals surface area contributed by atoms with Crippen LogP contribution in [0.25, 0.3) is 0 Å². The highest BCUT2D eigenvalue weighted by Gasteiger charge is 2.58. The van der Waals surface area contributed by atoms with Gasteiger partial charge in [0.25, 0.3) is 0 Å². The summed E-state index contributed by atoms with van der Waals surface area (Å²) >= 11 is 0. The molecule has 0 aliphatic carbocycles. The van der Waals surface area contributed by atoms with Gasteiger partial charge in [0.15, 0.2) is 36.6 Å². The number of hydrogen-bond acceptors (Lipinski definition) is 19. The molecule has 0 radical (unpaired) electrons. The molecule has 0 N–H and O–H groups in total. The van der Waals surface area contributed by atoms with Crippen LogP contribution in [-0.4, -0.2) is 122 Å². The number of hydrogen-bond donors (Lipinski definition) is 0. The zero-order valence-corrected chi connectivity index (χ0v) is 30.1. The third kappa shape index (κ3) is 13.0. The molecular weight excluding hydrogens is 688 g/mol. The molecule has 2 fully saturated rings. The van der Waals surface area contributed by atoms with Crippen LogP contribution in [0.5, 0.6) is 0 Å². The second kappa shape index (κ2) is 19.3. The van der Waals surface area contributed by atoms with Gasteiger partial charge in [-0.2, -0.15) is 0 Å². The van der Waals surface area contributed by atoms with Crippen LogP contribution in [0.1, 0.15) is 69.2 Å². The Balaban J connectivity index is 2.74. The van der Waals surface area contributed by atoms with E-state index in [1.807, 2.05) is 0 Å². The molecule has 0 saturated carbocycles. The third-order valence-corrected chi connectivity index (χ3v) is 7.00. The minimum absolute atomic E-state index is 0.587. The average molecular weight is 735 g/mol. The zero-order chi connectivity index (χ0) is 38.7. The molecule has 19 nitrogen and oxygen atoms in total. The van der Waals surface area contributed by atoms with Crippen molar-refractivity contribution >= 4 is 47.8 Å². The molecule has 10 atom stereocenters. The van der Waals surface area contributed by atoms with E-state index in [9.17, 15) is 38.4 Å². The molecule has 51 heavy (non-hydrogen) atoms. The Kier molecular flexibility index (Phi) is 16.2. The van der Waals surface area contributed by atoms with Crippen LogP contribution in [0.2, 0.25) is 0 Å². The topological polar surface area (TPSA) is 238 Å². The summed E-state index contributed by atoms with van der Waals surface area (Å²) in [6.45, 7) is 11.2. The van der Waals surface area contributed by atoms with Crippen LogP contribution in [0.4, 0.5) is 0 Å². The van der Waals surface area contributed by atoms with Crippen LogP contribution < -0.4 is 0 Å². The van der Waals surface area contributed by atoms with Gasteiger partial charge < -0.3 is 52.1 Å². The van der Waals surface area contributed by atoms with Crippen molar-refractivity contribution in [3.8, 4) is 0 Å². The molecule has 0 spiro atoms. The number of carbonyl (C=O) groups is 8. The second-order valence-corrected chi connectivity index (χ2v) is 12.2. The van der Waals surface area contributed by atoms with Gasteiger partial charge in [0.05, 0.1) is 11.8 Å². The summed E-state index contributed by atoms with van der Waals surface area (Å²) in [7, 11) is 0.